The van der Waals surface area contributed by atoms with Gasteiger partial charge in [0.15, 0.2) is 0 Å². The predicted molar refractivity (Wildman–Crippen MR) is 309 cm³/mol. The Bertz CT molecular complexity index is 687. The SMILES string of the molecule is CNP.CNP.CNP.CNP.C[NH-].C[NH-].C[NH-].C[NH-].O=[C-]N1[CH-]CCC1.O=[C-]N1[CH-]CCC1.O=[C-]N1[CH-]CCC1.O=[C-]O.O=[C-]O.O=[C-]O.[CH-]1CCCN1.[CH-]1CCCN1.[CH-]1CCCN1.[CH3-].[CH3-].[CH3-].[CH3-].[V+2].[V+2].[V+2].[V+2].[V+2].[V+2].[W+2].[W+2].[W].[W].[W].[W]. The maximum absolute atomic E-state index is 9.78. The molecule has 6 saturated heterocycles. The van der Waals surface area contributed by atoms with Crippen LogP contribution in [0.2, 0.25) is 0 Å². The van der Waals surface area contributed by atoms with E-state index in [1.807, 2.05) is 47.8 Å². The topological polar surface area (TPSA) is 352 Å². The van der Waals surface area contributed by atoms with E-state index < -0.39 is 0 Å². The summed E-state index contributed by atoms with van der Waals surface area (Å²) >= 11 is 0. The number of hydrogen-bond donors (Lipinski definition) is 10. The smallest absolute Gasteiger partial charge is 0.680 e. The summed E-state index contributed by atoms with van der Waals surface area (Å²) in [6.45, 7) is 19.6. The van der Waals surface area contributed by atoms with Gasteiger partial charge in [0.1, 0.15) is 0 Å². The fraction of sp³-hybridized carbons (Fsp3) is 0.619. The molecule has 0 spiro atoms. The minimum absolute atomic E-state index is 0. The maximum atomic E-state index is 9.78. The molecule has 4 atom stereocenters. The van der Waals surface area contributed by atoms with Gasteiger partial charge in [-0.15, -0.1) is 0 Å². The molecule has 0 bridgehead atoms. The molecule has 0 aromatic rings. The summed E-state index contributed by atoms with van der Waals surface area (Å²) < 4.78 is 0. The fourth-order valence-electron chi connectivity index (χ4n) is 3.58. The number of rotatable bonds is 3. The Labute approximate surface area is 665 Å². The van der Waals surface area contributed by atoms with Crippen LogP contribution in [0.25, 0.3) is 22.9 Å². The Morgan fingerprint density at radius 3 is 0.556 bits per heavy atom. The zero-order chi connectivity index (χ0) is 52.9. The van der Waals surface area contributed by atoms with Crippen LogP contribution in [0, 0.1) is 69.0 Å². The number of nitrogens with one attached hydrogen (secondary N) is 11. The number of carbonyl (C=O) groups excluding carboxylic acids is 3. The van der Waals surface area contributed by atoms with Gasteiger partial charge in [-0.3, -0.25) is 39.3 Å². The number of likely N-dealkylation sites (tertiary alicyclic amines) is 3. The number of nitrogens with zero attached hydrogens (tertiary/aromatic N) is 3. The molecule has 6 rings (SSSR count). The fourth-order valence-corrected chi connectivity index (χ4v) is 3.58. The van der Waals surface area contributed by atoms with E-state index in [1.165, 1.54) is 86.3 Å². The summed E-state index contributed by atoms with van der Waals surface area (Å²) in [5, 5.41) is 40.2. The summed E-state index contributed by atoms with van der Waals surface area (Å²) in [6.07, 6.45) is 19.6. The first kappa shape index (κ1) is 179. The van der Waals surface area contributed by atoms with Gasteiger partial charge in [-0.2, -0.15) is 85.9 Å². The molecule has 39 heteroatoms. The summed E-state index contributed by atoms with van der Waals surface area (Å²) in [4.78, 5) is 58.7. The molecular formula is C42H100N14O9P4V6W6-4. The third-order valence-electron chi connectivity index (χ3n) is 5.65. The van der Waals surface area contributed by atoms with Gasteiger partial charge in [-0.05, 0) is 67.5 Å². The van der Waals surface area contributed by atoms with Crippen molar-refractivity contribution in [2.45, 2.75) is 77.0 Å². The Balaban J connectivity index is -0.0000000154. The van der Waals surface area contributed by atoms with Crippen molar-refractivity contribution in [1.82, 2.24) is 51.0 Å². The Morgan fingerprint density at radius 2 is 0.519 bits per heavy atom. The molecule has 6 heterocycles. The normalized spacial score (nSPS) is 11.3. The van der Waals surface area contributed by atoms with Gasteiger partial charge in [0.2, 0.25) is 0 Å². The minimum atomic E-state index is 0. The molecule has 23 nitrogen and oxygen atoms in total. The Hall–Kier alpha value is 5.74. The van der Waals surface area contributed by atoms with Crippen molar-refractivity contribution >= 4 is 76.2 Å². The molecule has 81 heavy (non-hydrogen) atoms. The standard InChI is InChI=1S/3C5H7NO.3C4H8N.4CH6NP.4CH4N.3CHO2.4CH3.6V.6W/c3*7-5-6-3-1-2-4-6;3*1-2-4-5-3-1;4*1-2-3;4*1-2;3*2-1-3;;;;;;;;;;;;;;;;/h3*3H,1-2,4H2;3*3,5H,1-2,4H2;4*2H,3H2,1H3;4*2H,1H3;3*(H,2,3);4*1H3;;;;;;;;;;;;/q3*-2;3*-1;;;;;11*-1;6*+2;;;;;2*+2. The molecule has 6 aliphatic rings. The van der Waals surface area contributed by atoms with E-state index >= 15 is 0 Å². The van der Waals surface area contributed by atoms with Crippen LogP contribution in [-0.2, 0) is 266 Å². The zero-order valence-corrected chi connectivity index (χ0v) is 79.9. The molecule has 482 valence electrons. The second kappa shape index (κ2) is 230. The second-order valence-electron chi connectivity index (χ2n) is 10.2. The van der Waals surface area contributed by atoms with Crippen molar-refractivity contribution in [3.05, 3.63) is 91.9 Å². The summed E-state index contributed by atoms with van der Waals surface area (Å²) in [6, 6.07) is 0. The van der Waals surface area contributed by atoms with E-state index in [2.05, 4.69) is 93.5 Å². The molecule has 6 fully saturated rings. The van der Waals surface area contributed by atoms with Crippen molar-refractivity contribution in [1.29, 1.82) is 0 Å². The van der Waals surface area contributed by atoms with E-state index in [0.29, 0.717) is 19.4 Å². The molecule has 0 aromatic heterocycles. The first-order valence-electron chi connectivity index (χ1n) is 19.8. The molecule has 6 radical (unpaired) electrons. The summed E-state index contributed by atoms with van der Waals surface area (Å²) in [7, 11) is 21.7. The van der Waals surface area contributed by atoms with E-state index in [4.69, 9.17) is 52.6 Å². The monoisotopic (exact) mass is 2480 g/mol. The van der Waals surface area contributed by atoms with Crippen LogP contribution in [0.3, 0.4) is 0 Å². The van der Waals surface area contributed by atoms with Gasteiger partial charge in [0.25, 0.3) is 0 Å². The quantitative estimate of drug-likeness (QED) is 0.118. The second-order valence-corrected chi connectivity index (χ2v) is 12.5. The number of hydrogen-bond acceptors (Lipinski definition) is 13. The zero-order valence-electron chi connectivity index (χ0n) is 49.3. The first-order chi connectivity index (χ1) is 31.7. The summed E-state index contributed by atoms with van der Waals surface area (Å²) in [5.41, 5.74) is 23.0. The Morgan fingerprint density at radius 1 is 0.383 bits per heavy atom. The van der Waals surface area contributed by atoms with Crippen LogP contribution in [0.5, 0.6) is 0 Å². The molecule has 4 unspecified atom stereocenters. The van der Waals surface area contributed by atoms with Crippen LogP contribution in [0.15, 0.2) is 0 Å². The van der Waals surface area contributed by atoms with Gasteiger partial charge in [-0.1, -0.05) is 95.5 Å². The molecule has 6 aliphatic heterocycles. The number of amides is 3. The average molecular weight is 2480 g/mol. The van der Waals surface area contributed by atoms with E-state index in [0.717, 1.165) is 58.2 Å². The van der Waals surface area contributed by atoms with Crippen LogP contribution < -0.4 is 36.3 Å². The third kappa shape index (κ3) is 264. The van der Waals surface area contributed by atoms with Crippen LogP contribution in [0.1, 0.15) is 77.0 Å². The molecule has 3 amide bonds. The van der Waals surface area contributed by atoms with Gasteiger partial charge in [0, 0.05) is 84.3 Å². The predicted octanol–water partition coefficient (Wildman–Crippen LogP) is 5.79. The van der Waals surface area contributed by atoms with E-state index in [-0.39, 0.29) is 267 Å². The van der Waals surface area contributed by atoms with Crippen LogP contribution in [-0.4, -0.2) is 164 Å². The largest absolute Gasteiger partial charge is 2.00 e. The van der Waals surface area contributed by atoms with E-state index in [1.54, 1.807) is 33.9 Å². The van der Waals surface area contributed by atoms with Crippen molar-refractivity contribution in [3.63, 3.8) is 0 Å². The molecule has 0 aliphatic carbocycles. The molecule has 0 aromatic carbocycles. The number of aliphatic hydroxyl groups excluding tert-OH is 3. The van der Waals surface area contributed by atoms with Crippen molar-refractivity contribution in [2.24, 2.45) is 0 Å². The van der Waals surface area contributed by atoms with Gasteiger partial charge in [0.05, 0.1) is 0 Å². The average Bonchev–Trinajstić information content (AvgIpc) is 4.21. The van der Waals surface area contributed by atoms with E-state index in [9.17, 15) is 14.4 Å². The van der Waals surface area contributed by atoms with Crippen LogP contribution >= 0.6 is 37.6 Å². The van der Waals surface area contributed by atoms with Crippen molar-refractivity contribution in [3.8, 4) is 0 Å². The van der Waals surface area contributed by atoms with Crippen LogP contribution in [0.4, 0.5) is 0 Å². The maximum Gasteiger partial charge on any atom is 2.00 e. The van der Waals surface area contributed by atoms with Crippen molar-refractivity contribution in [2.75, 3.05) is 95.6 Å². The minimum Gasteiger partial charge on any atom is -0.680 e. The molecule has 0 saturated carbocycles. The summed E-state index contributed by atoms with van der Waals surface area (Å²) in [5.74, 6) is 0. The van der Waals surface area contributed by atoms with Gasteiger partial charge in [-0.25, -0.2) is 0 Å². The van der Waals surface area contributed by atoms with Crippen molar-refractivity contribution < 1.29 is 282 Å². The third-order valence-corrected chi connectivity index (χ3v) is 5.65. The molecular weight excluding hydrogens is 2380 g/mol. The van der Waals surface area contributed by atoms with Gasteiger partial charge >= 0.3 is 153 Å². The van der Waals surface area contributed by atoms with Gasteiger partial charge < -0.3 is 148 Å². The molecule has 14 N–H and O–H groups in total. The Kier molecular flexibility index (Phi) is 507. The first-order valence-corrected chi connectivity index (χ1v) is 22.1.